The summed E-state index contributed by atoms with van der Waals surface area (Å²) < 4.78 is 2.98. The van der Waals surface area contributed by atoms with Gasteiger partial charge in [0.05, 0.1) is 0 Å². The SMILES string of the molecule is Cn1nccc1CCNCc1cc(Cl)ccc1Br. The molecule has 0 unspecified atom stereocenters. The molecule has 0 amide bonds. The summed E-state index contributed by atoms with van der Waals surface area (Å²) in [7, 11) is 1.96. The fourth-order valence-corrected chi connectivity index (χ4v) is 2.35. The molecule has 5 heteroatoms. The third kappa shape index (κ3) is 3.57. The summed E-state index contributed by atoms with van der Waals surface area (Å²) in [5.41, 5.74) is 2.40. The third-order valence-corrected chi connectivity index (χ3v) is 3.81. The number of nitrogens with one attached hydrogen (secondary N) is 1. The molecular formula is C13H15BrClN3. The summed E-state index contributed by atoms with van der Waals surface area (Å²) in [5.74, 6) is 0. The minimum absolute atomic E-state index is 0.765. The predicted molar refractivity (Wildman–Crippen MR) is 77.8 cm³/mol. The first-order valence-electron chi connectivity index (χ1n) is 5.78. The van der Waals surface area contributed by atoms with Crippen LogP contribution in [0.25, 0.3) is 0 Å². The summed E-state index contributed by atoms with van der Waals surface area (Å²) in [4.78, 5) is 0. The second-order valence-electron chi connectivity index (χ2n) is 4.11. The van der Waals surface area contributed by atoms with Crippen molar-refractivity contribution in [3.8, 4) is 0 Å². The molecule has 0 aliphatic heterocycles. The zero-order valence-corrected chi connectivity index (χ0v) is 12.5. The van der Waals surface area contributed by atoms with Gasteiger partial charge in [0, 0.05) is 47.9 Å². The second-order valence-corrected chi connectivity index (χ2v) is 5.40. The Balaban J connectivity index is 1.82. The first-order chi connectivity index (χ1) is 8.66. The molecule has 1 aromatic heterocycles. The molecule has 0 aliphatic rings. The van der Waals surface area contributed by atoms with Crippen molar-refractivity contribution < 1.29 is 0 Å². The molecule has 0 aliphatic carbocycles. The fourth-order valence-electron chi connectivity index (χ4n) is 1.76. The van der Waals surface area contributed by atoms with Crippen LogP contribution in [0.2, 0.25) is 5.02 Å². The quantitative estimate of drug-likeness (QED) is 0.854. The Morgan fingerprint density at radius 1 is 1.39 bits per heavy atom. The number of aromatic nitrogens is 2. The first kappa shape index (κ1) is 13.6. The average Bonchev–Trinajstić information content (AvgIpc) is 2.75. The highest BCUT2D eigenvalue weighted by Gasteiger charge is 2.01. The van der Waals surface area contributed by atoms with Crippen LogP contribution < -0.4 is 5.32 Å². The van der Waals surface area contributed by atoms with E-state index in [2.05, 4.69) is 26.3 Å². The van der Waals surface area contributed by atoms with Crippen LogP contribution in [0.3, 0.4) is 0 Å². The van der Waals surface area contributed by atoms with E-state index in [9.17, 15) is 0 Å². The monoisotopic (exact) mass is 327 g/mol. The summed E-state index contributed by atoms with van der Waals surface area (Å²) in [6.07, 6.45) is 2.79. The number of benzene rings is 1. The Kier molecular flexibility index (Phi) is 4.80. The normalized spacial score (nSPS) is 10.8. The molecule has 2 rings (SSSR count). The number of halogens is 2. The van der Waals surface area contributed by atoms with Gasteiger partial charge in [0.25, 0.3) is 0 Å². The van der Waals surface area contributed by atoms with Crippen molar-refractivity contribution in [1.82, 2.24) is 15.1 Å². The smallest absolute Gasteiger partial charge is 0.0492 e. The van der Waals surface area contributed by atoms with E-state index in [0.717, 1.165) is 29.0 Å². The van der Waals surface area contributed by atoms with E-state index in [4.69, 9.17) is 11.6 Å². The number of hydrogen-bond acceptors (Lipinski definition) is 2. The highest BCUT2D eigenvalue weighted by molar-refractivity contribution is 9.10. The Labute approximate surface area is 120 Å². The number of hydrogen-bond donors (Lipinski definition) is 1. The first-order valence-corrected chi connectivity index (χ1v) is 6.95. The van der Waals surface area contributed by atoms with Gasteiger partial charge in [0.1, 0.15) is 0 Å². The van der Waals surface area contributed by atoms with Crippen LogP contribution in [0.1, 0.15) is 11.3 Å². The van der Waals surface area contributed by atoms with Crippen molar-refractivity contribution in [2.45, 2.75) is 13.0 Å². The van der Waals surface area contributed by atoms with Crippen molar-refractivity contribution in [3.05, 3.63) is 51.2 Å². The molecular weight excluding hydrogens is 314 g/mol. The van der Waals surface area contributed by atoms with Gasteiger partial charge >= 0.3 is 0 Å². The molecule has 1 heterocycles. The predicted octanol–water partition coefficient (Wildman–Crippen LogP) is 3.17. The molecule has 0 fully saturated rings. The van der Waals surface area contributed by atoms with Gasteiger partial charge in [-0.05, 0) is 29.8 Å². The minimum atomic E-state index is 0.765. The van der Waals surface area contributed by atoms with Gasteiger partial charge in [-0.1, -0.05) is 27.5 Å². The maximum Gasteiger partial charge on any atom is 0.0492 e. The van der Waals surface area contributed by atoms with E-state index in [1.54, 1.807) is 0 Å². The van der Waals surface area contributed by atoms with Gasteiger partial charge < -0.3 is 5.32 Å². The average molecular weight is 329 g/mol. The maximum absolute atomic E-state index is 5.97. The molecule has 0 radical (unpaired) electrons. The topological polar surface area (TPSA) is 29.9 Å². The minimum Gasteiger partial charge on any atom is -0.312 e. The molecule has 0 atom stereocenters. The molecule has 1 aromatic carbocycles. The van der Waals surface area contributed by atoms with E-state index < -0.39 is 0 Å². The van der Waals surface area contributed by atoms with Crippen LogP contribution in [0, 0.1) is 0 Å². The van der Waals surface area contributed by atoms with Crippen LogP contribution in [0.15, 0.2) is 34.9 Å². The van der Waals surface area contributed by atoms with Gasteiger partial charge in [-0.25, -0.2) is 0 Å². The van der Waals surface area contributed by atoms with Crippen LogP contribution in [0.4, 0.5) is 0 Å². The van der Waals surface area contributed by atoms with E-state index in [-0.39, 0.29) is 0 Å². The van der Waals surface area contributed by atoms with Crippen LogP contribution in [-0.2, 0) is 20.0 Å². The molecule has 96 valence electrons. The number of aryl methyl sites for hydroxylation is 1. The van der Waals surface area contributed by atoms with Crippen molar-refractivity contribution in [1.29, 1.82) is 0 Å². The second kappa shape index (κ2) is 6.36. The Hall–Kier alpha value is -0.840. The third-order valence-electron chi connectivity index (χ3n) is 2.80. The maximum atomic E-state index is 5.97. The van der Waals surface area contributed by atoms with Gasteiger partial charge in [0.2, 0.25) is 0 Å². The number of rotatable bonds is 5. The summed E-state index contributed by atoms with van der Waals surface area (Å²) in [5, 5.41) is 8.31. The van der Waals surface area contributed by atoms with Gasteiger partial charge in [-0.3, -0.25) is 4.68 Å². The van der Waals surface area contributed by atoms with Gasteiger partial charge in [0.15, 0.2) is 0 Å². The van der Waals surface area contributed by atoms with E-state index in [0.29, 0.717) is 0 Å². The summed E-state index contributed by atoms with van der Waals surface area (Å²) >= 11 is 9.49. The summed E-state index contributed by atoms with van der Waals surface area (Å²) in [6, 6.07) is 7.87. The molecule has 0 saturated carbocycles. The molecule has 0 saturated heterocycles. The van der Waals surface area contributed by atoms with Crippen LogP contribution in [0.5, 0.6) is 0 Å². The molecule has 0 spiro atoms. The molecule has 0 bridgehead atoms. The highest BCUT2D eigenvalue weighted by Crippen LogP contribution is 2.20. The van der Waals surface area contributed by atoms with Crippen molar-refractivity contribution in [3.63, 3.8) is 0 Å². The Morgan fingerprint density at radius 3 is 2.94 bits per heavy atom. The highest BCUT2D eigenvalue weighted by atomic mass is 79.9. The lowest BCUT2D eigenvalue weighted by Crippen LogP contribution is -2.18. The zero-order valence-electron chi connectivity index (χ0n) is 10.2. The molecule has 3 nitrogen and oxygen atoms in total. The number of nitrogens with zero attached hydrogens (tertiary/aromatic N) is 2. The molecule has 2 aromatic rings. The standard InChI is InChI=1S/C13H15BrClN3/c1-18-12(5-7-17-18)4-6-16-9-10-8-11(15)2-3-13(10)14/h2-3,5,7-8,16H,4,6,9H2,1H3. The molecule has 18 heavy (non-hydrogen) atoms. The van der Waals surface area contributed by atoms with Crippen LogP contribution in [-0.4, -0.2) is 16.3 Å². The van der Waals surface area contributed by atoms with Crippen molar-refractivity contribution in [2.75, 3.05) is 6.54 Å². The van der Waals surface area contributed by atoms with Crippen molar-refractivity contribution in [2.24, 2.45) is 7.05 Å². The van der Waals surface area contributed by atoms with Crippen molar-refractivity contribution >= 4 is 27.5 Å². The molecule has 1 N–H and O–H groups in total. The fraction of sp³-hybridized carbons (Fsp3) is 0.308. The van der Waals surface area contributed by atoms with Crippen LogP contribution >= 0.6 is 27.5 Å². The van der Waals surface area contributed by atoms with E-state index in [1.807, 2.05) is 42.2 Å². The van der Waals surface area contributed by atoms with Gasteiger partial charge in [-0.15, -0.1) is 0 Å². The summed E-state index contributed by atoms with van der Waals surface area (Å²) in [6.45, 7) is 1.72. The van der Waals surface area contributed by atoms with Gasteiger partial charge in [-0.2, -0.15) is 5.10 Å². The zero-order chi connectivity index (χ0) is 13.0. The Bertz CT molecular complexity index is 525. The Morgan fingerprint density at radius 2 is 2.22 bits per heavy atom. The van der Waals surface area contributed by atoms with E-state index in [1.165, 1.54) is 11.3 Å². The largest absolute Gasteiger partial charge is 0.312 e. The lowest BCUT2D eigenvalue weighted by atomic mass is 10.2. The lowest BCUT2D eigenvalue weighted by Gasteiger charge is -2.07. The lowest BCUT2D eigenvalue weighted by molar-refractivity contribution is 0.642. The van der Waals surface area contributed by atoms with E-state index >= 15 is 0 Å².